The maximum Gasteiger partial charge on any atom is 0.240 e. The lowest BCUT2D eigenvalue weighted by Crippen LogP contribution is -2.56. The summed E-state index contributed by atoms with van der Waals surface area (Å²) in [5.41, 5.74) is 5.46. The molecule has 94 valence electrons. The van der Waals surface area contributed by atoms with E-state index in [1.807, 2.05) is 6.92 Å². The van der Waals surface area contributed by atoms with E-state index in [0.717, 1.165) is 19.3 Å². The summed E-state index contributed by atoms with van der Waals surface area (Å²) < 4.78 is 0. The Kier molecular flexibility index (Phi) is 4.74. The molecule has 4 heteroatoms. The molecule has 0 saturated heterocycles. The van der Waals surface area contributed by atoms with Gasteiger partial charge in [-0.1, -0.05) is 26.7 Å². The minimum atomic E-state index is -0.688. The molecule has 1 fully saturated rings. The Hall–Kier alpha value is -0.610. The fraction of sp³-hybridized carbons (Fsp3) is 0.917. The van der Waals surface area contributed by atoms with E-state index in [2.05, 4.69) is 12.2 Å². The van der Waals surface area contributed by atoms with Gasteiger partial charge in [0, 0.05) is 13.2 Å². The van der Waals surface area contributed by atoms with Gasteiger partial charge in [0.2, 0.25) is 5.91 Å². The predicted molar refractivity (Wildman–Crippen MR) is 63.8 cm³/mol. The summed E-state index contributed by atoms with van der Waals surface area (Å²) in [6, 6.07) is 0. The molecule has 0 bridgehead atoms. The molecule has 1 aliphatic rings. The van der Waals surface area contributed by atoms with Crippen LogP contribution in [0, 0.1) is 11.8 Å². The Labute approximate surface area is 97.6 Å². The Balaban J connectivity index is 2.45. The lowest BCUT2D eigenvalue weighted by Gasteiger charge is -2.35. The fourth-order valence-electron chi connectivity index (χ4n) is 2.31. The molecule has 0 aromatic carbocycles. The van der Waals surface area contributed by atoms with Gasteiger partial charge in [0.25, 0.3) is 0 Å². The van der Waals surface area contributed by atoms with Crippen molar-refractivity contribution in [1.29, 1.82) is 0 Å². The molecule has 0 aromatic rings. The maximum absolute atomic E-state index is 12.0. The van der Waals surface area contributed by atoms with Crippen molar-refractivity contribution in [3.8, 4) is 0 Å². The number of hydrogen-bond donors (Lipinski definition) is 3. The lowest BCUT2D eigenvalue weighted by atomic mass is 9.76. The van der Waals surface area contributed by atoms with Crippen LogP contribution in [0.15, 0.2) is 0 Å². The maximum atomic E-state index is 12.0. The average Bonchev–Trinajstić information content (AvgIpc) is 2.24. The topological polar surface area (TPSA) is 75.3 Å². The summed E-state index contributed by atoms with van der Waals surface area (Å²) in [6.45, 7) is 4.63. The average molecular weight is 228 g/mol. The first kappa shape index (κ1) is 13.5. The lowest BCUT2D eigenvalue weighted by molar-refractivity contribution is -0.128. The molecule has 0 aromatic heterocycles. The number of nitrogens with one attached hydrogen (secondary N) is 1. The van der Waals surface area contributed by atoms with E-state index < -0.39 is 5.54 Å². The smallest absolute Gasteiger partial charge is 0.240 e. The standard InChI is InChI=1S/C12H24N2O2/c1-9-4-3-5-12(13,6-9)11(16)14-7-10(2)8-15/h9-10,15H,3-8,13H2,1-2H3,(H,14,16). The van der Waals surface area contributed by atoms with Crippen LogP contribution in [-0.2, 0) is 4.79 Å². The molecule has 4 nitrogen and oxygen atoms in total. The zero-order valence-corrected chi connectivity index (χ0v) is 10.3. The van der Waals surface area contributed by atoms with Crippen LogP contribution in [0.3, 0.4) is 0 Å². The summed E-state index contributed by atoms with van der Waals surface area (Å²) in [5.74, 6) is 0.563. The minimum Gasteiger partial charge on any atom is -0.396 e. The second-order valence-corrected chi connectivity index (χ2v) is 5.36. The highest BCUT2D eigenvalue weighted by molar-refractivity contribution is 5.86. The van der Waals surface area contributed by atoms with Crippen molar-refractivity contribution >= 4 is 5.91 Å². The van der Waals surface area contributed by atoms with Gasteiger partial charge in [0.1, 0.15) is 0 Å². The summed E-state index contributed by atoms with van der Waals surface area (Å²) in [4.78, 5) is 12.0. The van der Waals surface area contributed by atoms with Crippen LogP contribution < -0.4 is 11.1 Å². The van der Waals surface area contributed by atoms with E-state index in [0.29, 0.717) is 12.5 Å². The van der Waals surface area contributed by atoms with Gasteiger partial charge in [0.05, 0.1) is 5.54 Å². The third-order valence-corrected chi connectivity index (χ3v) is 3.41. The number of nitrogens with two attached hydrogens (primary N) is 1. The zero-order valence-electron chi connectivity index (χ0n) is 10.3. The monoisotopic (exact) mass is 228 g/mol. The van der Waals surface area contributed by atoms with Crippen LogP contribution in [0.4, 0.5) is 0 Å². The van der Waals surface area contributed by atoms with Gasteiger partial charge in [-0.2, -0.15) is 0 Å². The van der Waals surface area contributed by atoms with Crippen LogP contribution in [0.2, 0.25) is 0 Å². The Morgan fingerprint density at radius 3 is 2.94 bits per heavy atom. The van der Waals surface area contributed by atoms with Crippen molar-refractivity contribution in [2.45, 2.75) is 45.1 Å². The summed E-state index contributed by atoms with van der Waals surface area (Å²) in [7, 11) is 0. The van der Waals surface area contributed by atoms with Gasteiger partial charge in [-0.25, -0.2) is 0 Å². The van der Waals surface area contributed by atoms with Gasteiger partial charge in [-0.05, 0) is 24.7 Å². The molecule has 0 aliphatic heterocycles. The second kappa shape index (κ2) is 5.64. The van der Waals surface area contributed by atoms with Crippen molar-refractivity contribution in [3.05, 3.63) is 0 Å². The Morgan fingerprint density at radius 2 is 2.38 bits per heavy atom. The molecule has 4 N–H and O–H groups in total. The van der Waals surface area contributed by atoms with Crippen LogP contribution in [0.1, 0.15) is 39.5 Å². The molecule has 1 aliphatic carbocycles. The molecule has 1 saturated carbocycles. The number of aliphatic hydroxyl groups is 1. The van der Waals surface area contributed by atoms with Crippen LogP contribution in [0.5, 0.6) is 0 Å². The SMILES string of the molecule is CC(CO)CNC(=O)C1(N)CCCC(C)C1. The van der Waals surface area contributed by atoms with E-state index in [1.165, 1.54) is 6.42 Å². The van der Waals surface area contributed by atoms with Crippen LogP contribution >= 0.6 is 0 Å². The first-order valence-electron chi connectivity index (χ1n) is 6.16. The number of aliphatic hydroxyl groups excluding tert-OH is 1. The molecule has 0 radical (unpaired) electrons. The number of amides is 1. The van der Waals surface area contributed by atoms with Crippen molar-refractivity contribution in [2.75, 3.05) is 13.2 Å². The molecule has 3 unspecified atom stereocenters. The van der Waals surface area contributed by atoms with Gasteiger partial charge in [-0.15, -0.1) is 0 Å². The quantitative estimate of drug-likeness (QED) is 0.661. The van der Waals surface area contributed by atoms with Crippen molar-refractivity contribution in [2.24, 2.45) is 17.6 Å². The molecule has 1 amide bonds. The Bertz CT molecular complexity index is 245. The molecule has 3 atom stereocenters. The normalized spacial score (nSPS) is 32.1. The molecular weight excluding hydrogens is 204 g/mol. The van der Waals surface area contributed by atoms with Crippen LogP contribution in [-0.4, -0.2) is 29.7 Å². The van der Waals surface area contributed by atoms with Crippen molar-refractivity contribution in [1.82, 2.24) is 5.32 Å². The van der Waals surface area contributed by atoms with Crippen molar-refractivity contribution < 1.29 is 9.90 Å². The summed E-state index contributed by atoms with van der Waals surface area (Å²) in [6.07, 6.45) is 3.74. The van der Waals surface area contributed by atoms with E-state index >= 15 is 0 Å². The van der Waals surface area contributed by atoms with Gasteiger partial charge in [0.15, 0.2) is 0 Å². The van der Waals surface area contributed by atoms with E-state index in [4.69, 9.17) is 10.8 Å². The van der Waals surface area contributed by atoms with Gasteiger partial charge in [-0.3, -0.25) is 4.79 Å². The van der Waals surface area contributed by atoms with Crippen LogP contribution in [0.25, 0.3) is 0 Å². The predicted octanol–water partition coefficient (Wildman–Crippen LogP) is 0.639. The highest BCUT2D eigenvalue weighted by Gasteiger charge is 2.37. The van der Waals surface area contributed by atoms with E-state index in [1.54, 1.807) is 0 Å². The van der Waals surface area contributed by atoms with Gasteiger partial charge >= 0.3 is 0 Å². The third kappa shape index (κ3) is 3.46. The minimum absolute atomic E-state index is 0.0562. The largest absolute Gasteiger partial charge is 0.396 e. The van der Waals surface area contributed by atoms with Gasteiger partial charge < -0.3 is 16.2 Å². The number of rotatable bonds is 4. The molecular formula is C12H24N2O2. The third-order valence-electron chi connectivity index (χ3n) is 3.41. The summed E-state index contributed by atoms with van der Waals surface area (Å²) >= 11 is 0. The number of carbonyl (C=O) groups excluding carboxylic acids is 1. The Morgan fingerprint density at radius 1 is 1.69 bits per heavy atom. The number of hydrogen-bond acceptors (Lipinski definition) is 3. The first-order valence-corrected chi connectivity index (χ1v) is 6.16. The molecule has 16 heavy (non-hydrogen) atoms. The fourth-order valence-corrected chi connectivity index (χ4v) is 2.31. The van der Waals surface area contributed by atoms with Crippen molar-refractivity contribution in [3.63, 3.8) is 0 Å². The highest BCUT2D eigenvalue weighted by Crippen LogP contribution is 2.30. The van der Waals surface area contributed by atoms with E-state index in [-0.39, 0.29) is 18.4 Å². The number of carbonyl (C=O) groups is 1. The second-order valence-electron chi connectivity index (χ2n) is 5.36. The zero-order chi connectivity index (χ0) is 12.2. The summed E-state index contributed by atoms with van der Waals surface area (Å²) in [5, 5.41) is 11.7. The first-order chi connectivity index (χ1) is 7.48. The van der Waals surface area contributed by atoms with E-state index in [9.17, 15) is 4.79 Å². The highest BCUT2D eigenvalue weighted by atomic mass is 16.3. The molecule has 0 spiro atoms. The molecule has 0 heterocycles. The molecule has 1 rings (SSSR count).